The summed E-state index contributed by atoms with van der Waals surface area (Å²) < 4.78 is 10.6. The lowest BCUT2D eigenvalue weighted by molar-refractivity contribution is -0.153. The van der Waals surface area contributed by atoms with E-state index >= 15 is 0 Å². The number of piperidine rings is 1. The third-order valence-electron chi connectivity index (χ3n) is 4.77. The Labute approximate surface area is 136 Å². The second-order valence-electron chi connectivity index (χ2n) is 6.46. The number of esters is 1. The van der Waals surface area contributed by atoms with Crippen LogP contribution in [0.4, 0.5) is 0 Å². The van der Waals surface area contributed by atoms with Gasteiger partial charge in [-0.05, 0) is 49.8 Å². The van der Waals surface area contributed by atoms with Gasteiger partial charge in [-0.2, -0.15) is 0 Å². The van der Waals surface area contributed by atoms with E-state index < -0.39 is 6.04 Å². The molecular weight excluding hydrogens is 294 g/mol. The normalized spacial score (nSPS) is 27.2. The number of nitrogens with zero attached hydrogens (tertiary/aromatic N) is 1. The molecular formula is C18H23NO4. The molecule has 3 atom stereocenters. The number of amides is 1. The van der Waals surface area contributed by atoms with E-state index in [4.69, 9.17) is 9.15 Å². The number of furan rings is 1. The molecule has 3 rings (SSSR count). The van der Waals surface area contributed by atoms with Crippen molar-refractivity contribution in [3.8, 4) is 0 Å². The SMILES string of the molecule is COC(=O)C1CCCCN1C(=O)/C=C/c1ccc(C2CC2C)o1. The molecule has 1 saturated heterocycles. The minimum atomic E-state index is -0.467. The van der Waals surface area contributed by atoms with E-state index in [1.54, 1.807) is 11.0 Å². The maximum Gasteiger partial charge on any atom is 0.328 e. The van der Waals surface area contributed by atoms with Crippen molar-refractivity contribution in [2.45, 2.75) is 44.6 Å². The van der Waals surface area contributed by atoms with Gasteiger partial charge in [0.1, 0.15) is 17.6 Å². The molecule has 1 aromatic rings. The van der Waals surface area contributed by atoms with Crippen LogP contribution in [0, 0.1) is 5.92 Å². The highest BCUT2D eigenvalue weighted by atomic mass is 16.5. The number of hydrogen-bond donors (Lipinski definition) is 0. The quantitative estimate of drug-likeness (QED) is 0.633. The second kappa shape index (κ2) is 6.60. The van der Waals surface area contributed by atoms with E-state index in [2.05, 4.69) is 6.92 Å². The Morgan fingerprint density at radius 1 is 1.35 bits per heavy atom. The van der Waals surface area contributed by atoms with Gasteiger partial charge in [0.25, 0.3) is 0 Å². The van der Waals surface area contributed by atoms with Crippen LogP contribution in [0.15, 0.2) is 22.6 Å². The molecule has 3 unspecified atom stereocenters. The van der Waals surface area contributed by atoms with Gasteiger partial charge in [-0.15, -0.1) is 0 Å². The molecule has 0 radical (unpaired) electrons. The van der Waals surface area contributed by atoms with Crippen LogP contribution in [0.2, 0.25) is 0 Å². The maximum absolute atomic E-state index is 12.4. The summed E-state index contributed by atoms with van der Waals surface area (Å²) in [5.41, 5.74) is 0. The molecule has 2 aliphatic rings. The van der Waals surface area contributed by atoms with Crippen LogP contribution in [0.1, 0.15) is 50.0 Å². The fourth-order valence-electron chi connectivity index (χ4n) is 3.20. The van der Waals surface area contributed by atoms with E-state index in [0.717, 1.165) is 18.6 Å². The highest BCUT2D eigenvalue weighted by molar-refractivity contribution is 5.94. The van der Waals surface area contributed by atoms with E-state index in [0.29, 0.717) is 30.6 Å². The van der Waals surface area contributed by atoms with Gasteiger partial charge in [0.2, 0.25) is 5.91 Å². The molecule has 1 saturated carbocycles. The standard InChI is InChI=1S/C18H23NO4/c1-12-11-14(12)16-8-6-13(23-16)7-9-17(20)19-10-4-3-5-15(19)18(21)22-2/h6-9,12,14-15H,3-5,10-11H2,1-2H3/b9-7+. The van der Waals surface area contributed by atoms with Crippen molar-refractivity contribution in [2.75, 3.05) is 13.7 Å². The maximum atomic E-state index is 12.4. The molecule has 0 aromatic carbocycles. The summed E-state index contributed by atoms with van der Waals surface area (Å²) in [5, 5.41) is 0. The van der Waals surface area contributed by atoms with E-state index in [1.165, 1.54) is 19.6 Å². The zero-order valence-corrected chi connectivity index (χ0v) is 13.7. The number of hydrogen-bond acceptors (Lipinski definition) is 4. The molecule has 2 fully saturated rings. The third kappa shape index (κ3) is 3.49. The molecule has 1 aromatic heterocycles. The number of rotatable bonds is 4. The minimum Gasteiger partial charge on any atom is -0.467 e. The van der Waals surface area contributed by atoms with Gasteiger partial charge in [-0.1, -0.05) is 6.92 Å². The largest absolute Gasteiger partial charge is 0.467 e. The lowest BCUT2D eigenvalue weighted by atomic mass is 10.0. The smallest absolute Gasteiger partial charge is 0.328 e. The lowest BCUT2D eigenvalue weighted by Crippen LogP contribution is -2.47. The first-order valence-corrected chi connectivity index (χ1v) is 8.26. The van der Waals surface area contributed by atoms with Crippen molar-refractivity contribution in [2.24, 2.45) is 5.92 Å². The molecule has 1 amide bonds. The summed E-state index contributed by atoms with van der Waals surface area (Å²) in [6.07, 6.45) is 6.86. The van der Waals surface area contributed by atoms with E-state index in [9.17, 15) is 9.59 Å². The average molecular weight is 317 g/mol. The number of methoxy groups -OCH3 is 1. The molecule has 0 spiro atoms. The van der Waals surface area contributed by atoms with Gasteiger partial charge >= 0.3 is 5.97 Å². The third-order valence-corrected chi connectivity index (χ3v) is 4.77. The van der Waals surface area contributed by atoms with Gasteiger partial charge in [0.15, 0.2) is 0 Å². The van der Waals surface area contributed by atoms with Crippen molar-refractivity contribution in [3.63, 3.8) is 0 Å². The van der Waals surface area contributed by atoms with Crippen molar-refractivity contribution >= 4 is 18.0 Å². The fourth-order valence-corrected chi connectivity index (χ4v) is 3.20. The Kier molecular flexibility index (Phi) is 4.55. The van der Waals surface area contributed by atoms with Crippen LogP contribution in [-0.4, -0.2) is 36.5 Å². The van der Waals surface area contributed by atoms with Crippen LogP contribution in [0.5, 0.6) is 0 Å². The topological polar surface area (TPSA) is 59.8 Å². The zero-order chi connectivity index (χ0) is 16.4. The summed E-state index contributed by atoms with van der Waals surface area (Å²) in [7, 11) is 1.36. The second-order valence-corrected chi connectivity index (χ2v) is 6.46. The number of ether oxygens (including phenoxy) is 1. The zero-order valence-electron chi connectivity index (χ0n) is 13.7. The summed E-state index contributed by atoms with van der Waals surface area (Å²) in [5.74, 6) is 2.38. The molecule has 1 aliphatic carbocycles. The first-order chi connectivity index (χ1) is 11.1. The van der Waals surface area contributed by atoms with Crippen LogP contribution >= 0.6 is 0 Å². The van der Waals surface area contributed by atoms with Crippen molar-refractivity contribution in [1.29, 1.82) is 0 Å². The highest BCUT2D eigenvalue weighted by Gasteiger charge is 2.36. The number of likely N-dealkylation sites (tertiary alicyclic amines) is 1. The fraction of sp³-hybridized carbons (Fsp3) is 0.556. The van der Waals surface area contributed by atoms with E-state index in [1.807, 2.05) is 12.1 Å². The predicted octanol–water partition coefficient (Wildman–Crippen LogP) is 2.97. The Morgan fingerprint density at radius 3 is 2.83 bits per heavy atom. The molecule has 2 heterocycles. The van der Waals surface area contributed by atoms with E-state index in [-0.39, 0.29) is 11.9 Å². The predicted molar refractivity (Wildman–Crippen MR) is 85.6 cm³/mol. The molecule has 5 nitrogen and oxygen atoms in total. The molecule has 1 aliphatic heterocycles. The van der Waals surface area contributed by atoms with Gasteiger partial charge in [-0.3, -0.25) is 4.79 Å². The molecule has 23 heavy (non-hydrogen) atoms. The van der Waals surface area contributed by atoms with Crippen LogP contribution in [0.3, 0.4) is 0 Å². The molecule has 124 valence electrons. The highest BCUT2D eigenvalue weighted by Crippen LogP contribution is 2.47. The average Bonchev–Trinajstić information content (AvgIpc) is 3.12. The van der Waals surface area contributed by atoms with Gasteiger partial charge < -0.3 is 14.1 Å². The lowest BCUT2D eigenvalue weighted by Gasteiger charge is -2.32. The summed E-state index contributed by atoms with van der Waals surface area (Å²) in [4.78, 5) is 25.8. The number of carbonyl (C=O) groups is 2. The van der Waals surface area contributed by atoms with Gasteiger partial charge in [-0.25, -0.2) is 4.79 Å². The summed E-state index contributed by atoms with van der Waals surface area (Å²) >= 11 is 0. The van der Waals surface area contributed by atoms with Crippen LogP contribution in [0.25, 0.3) is 6.08 Å². The van der Waals surface area contributed by atoms with Gasteiger partial charge in [0.05, 0.1) is 7.11 Å². The van der Waals surface area contributed by atoms with Crippen LogP contribution < -0.4 is 0 Å². The van der Waals surface area contributed by atoms with Crippen molar-refractivity contribution in [3.05, 3.63) is 29.7 Å². The summed E-state index contributed by atoms with van der Waals surface area (Å²) in [6.45, 7) is 2.79. The Balaban J connectivity index is 1.64. The monoisotopic (exact) mass is 317 g/mol. The van der Waals surface area contributed by atoms with Crippen LogP contribution in [-0.2, 0) is 14.3 Å². The Morgan fingerprint density at radius 2 is 2.13 bits per heavy atom. The molecule has 0 N–H and O–H groups in total. The summed E-state index contributed by atoms with van der Waals surface area (Å²) in [6, 6.07) is 3.40. The number of carbonyl (C=O) groups excluding carboxylic acids is 2. The Hall–Kier alpha value is -2.04. The van der Waals surface area contributed by atoms with Crippen molar-refractivity contribution in [1.82, 2.24) is 4.90 Å². The first kappa shape index (κ1) is 15.8. The Bertz CT molecular complexity index is 618. The molecule has 0 bridgehead atoms. The molecule has 5 heteroatoms. The van der Waals surface area contributed by atoms with Crippen molar-refractivity contribution < 1.29 is 18.7 Å². The minimum absolute atomic E-state index is 0.169. The first-order valence-electron chi connectivity index (χ1n) is 8.26. The van der Waals surface area contributed by atoms with Gasteiger partial charge in [0, 0.05) is 18.5 Å².